The molecular formula is C23H21BF3N5O2S. The van der Waals surface area contributed by atoms with E-state index in [0.717, 1.165) is 36.3 Å². The zero-order chi connectivity index (χ0) is 25.3. The molecule has 2 heterocycles. The number of amides is 2. The third-order valence-electron chi connectivity index (χ3n) is 5.52. The molecule has 0 saturated heterocycles. The molecule has 0 spiro atoms. The summed E-state index contributed by atoms with van der Waals surface area (Å²) in [7, 11) is 7.33. The fourth-order valence-corrected chi connectivity index (χ4v) is 4.48. The van der Waals surface area contributed by atoms with Gasteiger partial charge in [0, 0.05) is 31.5 Å². The summed E-state index contributed by atoms with van der Waals surface area (Å²) in [4.78, 5) is 40.5. The average molecular weight is 499 g/mol. The van der Waals surface area contributed by atoms with Crippen LogP contribution in [-0.2, 0) is 6.18 Å². The van der Waals surface area contributed by atoms with Crippen LogP contribution in [0, 0.1) is 5.92 Å². The number of alkyl halides is 3. The van der Waals surface area contributed by atoms with Crippen molar-refractivity contribution >= 4 is 36.5 Å². The summed E-state index contributed by atoms with van der Waals surface area (Å²) in [5.74, 6) is -0.322. The van der Waals surface area contributed by atoms with Gasteiger partial charge in [-0.25, -0.2) is 4.98 Å². The molecule has 12 heteroatoms. The molecule has 1 aliphatic rings. The number of aromatic nitrogens is 3. The quantitative estimate of drug-likeness (QED) is 0.504. The molecule has 2 aromatic heterocycles. The van der Waals surface area contributed by atoms with Gasteiger partial charge in [0.25, 0.3) is 11.8 Å². The van der Waals surface area contributed by atoms with Gasteiger partial charge in [0.2, 0.25) is 0 Å². The first-order valence-electron chi connectivity index (χ1n) is 10.8. The highest BCUT2D eigenvalue weighted by atomic mass is 32.1. The molecule has 0 bridgehead atoms. The van der Waals surface area contributed by atoms with Gasteiger partial charge in [-0.05, 0) is 31.7 Å². The second-order valence-corrected chi connectivity index (χ2v) is 9.52. The molecule has 1 fully saturated rings. The van der Waals surface area contributed by atoms with E-state index in [1.807, 2.05) is 0 Å². The second-order valence-electron chi connectivity index (χ2n) is 8.49. The van der Waals surface area contributed by atoms with E-state index in [9.17, 15) is 22.8 Å². The predicted octanol–water partition coefficient (Wildman–Crippen LogP) is 3.39. The van der Waals surface area contributed by atoms with Crippen molar-refractivity contribution in [3.05, 3.63) is 58.5 Å². The van der Waals surface area contributed by atoms with Crippen LogP contribution in [0.3, 0.4) is 0 Å². The predicted molar refractivity (Wildman–Crippen MR) is 126 cm³/mol. The first-order valence-corrected chi connectivity index (χ1v) is 11.7. The molecule has 7 nitrogen and oxygen atoms in total. The van der Waals surface area contributed by atoms with Crippen LogP contribution in [0.25, 0.3) is 10.7 Å². The van der Waals surface area contributed by atoms with Gasteiger partial charge in [-0.15, -0.1) is 11.3 Å². The first kappa shape index (κ1) is 24.8. The van der Waals surface area contributed by atoms with E-state index < -0.39 is 23.7 Å². The summed E-state index contributed by atoms with van der Waals surface area (Å²) >= 11 is 1.16. The minimum atomic E-state index is -4.64. The number of benzene rings is 1. The van der Waals surface area contributed by atoms with Crippen molar-refractivity contribution in [2.75, 3.05) is 13.6 Å². The summed E-state index contributed by atoms with van der Waals surface area (Å²) in [5, 5.41) is 3.09. The normalized spacial score (nSPS) is 14.4. The van der Waals surface area contributed by atoms with Gasteiger partial charge in [-0.2, -0.15) is 13.2 Å². The molecule has 3 aromatic rings. The molecule has 2 radical (unpaired) electrons. The van der Waals surface area contributed by atoms with Gasteiger partial charge in [-0.3, -0.25) is 19.6 Å². The number of carbonyl (C=O) groups is 2. The van der Waals surface area contributed by atoms with Crippen molar-refractivity contribution < 1.29 is 22.8 Å². The van der Waals surface area contributed by atoms with Gasteiger partial charge in [-0.1, -0.05) is 17.6 Å². The van der Waals surface area contributed by atoms with Crippen molar-refractivity contribution in [2.45, 2.75) is 32.0 Å². The number of hydrogen-bond donors (Lipinski definition) is 1. The molecule has 35 heavy (non-hydrogen) atoms. The summed E-state index contributed by atoms with van der Waals surface area (Å²) in [6.07, 6.45) is 2.01. The van der Waals surface area contributed by atoms with Gasteiger partial charge in [0.1, 0.15) is 23.4 Å². The number of carbonyl (C=O) groups excluding carboxylic acids is 2. The van der Waals surface area contributed by atoms with Crippen molar-refractivity contribution in [3.8, 4) is 10.7 Å². The Kier molecular flexibility index (Phi) is 6.93. The fraction of sp³-hybridized carbons (Fsp3) is 0.348. The minimum absolute atomic E-state index is 0.130. The maximum Gasteiger partial charge on any atom is 0.416 e. The topological polar surface area (TPSA) is 88.1 Å². The second kappa shape index (κ2) is 9.77. The smallest absolute Gasteiger partial charge is 0.344 e. The maximum absolute atomic E-state index is 13.1. The van der Waals surface area contributed by atoms with Gasteiger partial charge < -0.3 is 10.2 Å². The Balaban J connectivity index is 1.54. The van der Waals surface area contributed by atoms with Crippen LogP contribution in [0.5, 0.6) is 0 Å². The molecule has 1 saturated carbocycles. The van der Waals surface area contributed by atoms with E-state index in [1.165, 1.54) is 24.7 Å². The van der Waals surface area contributed by atoms with Crippen molar-refractivity contribution in [3.63, 3.8) is 0 Å². The summed E-state index contributed by atoms with van der Waals surface area (Å²) < 4.78 is 39.3. The summed E-state index contributed by atoms with van der Waals surface area (Å²) in [6, 6.07) is 1.96. The third-order valence-corrected chi connectivity index (χ3v) is 6.52. The number of nitrogens with one attached hydrogen (secondary N) is 1. The standard InChI is InChI=1S/C23H21BF3N5O2S/c1-12(31-20(33)14-7-15(23(25,26)27)9-16(24)8-14)18-19(29-6-5-28-18)21-30-10-17(35-21)22(34)32(2)11-13-3-4-13/h5-10,12-13H,3-4,11H2,1-2H3,(H,31,33). The first-order chi connectivity index (χ1) is 16.5. The van der Waals surface area contributed by atoms with Crippen LogP contribution < -0.4 is 10.8 Å². The zero-order valence-electron chi connectivity index (χ0n) is 19.0. The Morgan fingerprint density at radius 3 is 2.60 bits per heavy atom. The molecule has 1 aliphatic carbocycles. The van der Waals surface area contributed by atoms with Gasteiger partial charge in [0.15, 0.2) is 0 Å². The van der Waals surface area contributed by atoms with E-state index in [-0.39, 0.29) is 16.9 Å². The lowest BCUT2D eigenvalue weighted by molar-refractivity contribution is -0.137. The van der Waals surface area contributed by atoms with E-state index >= 15 is 0 Å². The minimum Gasteiger partial charge on any atom is -0.344 e. The molecule has 2 amide bonds. The number of hydrogen-bond acceptors (Lipinski definition) is 6. The summed E-state index contributed by atoms with van der Waals surface area (Å²) in [5.41, 5.74) is -0.680. The van der Waals surface area contributed by atoms with E-state index in [1.54, 1.807) is 18.9 Å². The zero-order valence-corrected chi connectivity index (χ0v) is 19.8. The molecule has 0 aliphatic heterocycles. The molecular weight excluding hydrogens is 478 g/mol. The fourth-order valence-electron chi connectivity index (χ4n) is 3.57. The molecule has 4 rings (SSSR count). The van der Waals surface area contributed by atoms with Crippen LogP contribution >= 0.6 is 11.3 Å². The van der Waals surface area contributed by atoms with Crippen LogP contribution in [0.1, 0.15) is 57.1 Å². The number of thiazole rings is 1. The van der Waals surface area contributed by atoms with Gasteiger partial charge in [0.05, 0.1) is 23.5 Å². The van der Waals surface area contributed by atoms with Crippen molar-refractivity contribution in [1.29, 1.82) is 0 Å². The Bertz CT molecular complexity index is 1260. The molecule has 180 valence electrons. The van der Waals surface area contributed by atoms with Crippen LogP contribution in [-0.4, -0.2) is 53.1 Å². The van der Waals surface area contributed by atoms with Crippen LogP contribution in [0.4, 0.5) is 13.2 Å². The Morgan fingerprint density at radius 2 is 1.91 bits per heavy atom. The lowest BCUT2D eigenvalue weighted by atomic mass is 9.91. The Hall–Kier alpha value is -3.28. The molecule has 1 N–H and O–H groups in total. The largest absolute Gasteiger partial charge is 0.416 e. The third kappa shape index (κ3) is 5.87. The highest BCUT2D eigenvalue weighted by Crippen LogP contribution is 2.32. The van der Waals surface area contributed by atoms with Gasteiger partial charge >= 0.3 is 6.18 Å². The monoisotopic (exact) mass is 499 g/mol. The highest BCUT2D eigenvalue weighted by Gasteiger charge is 2.32. The average Bonchev–Trinajstić information content (AvgIpc) is 3.49. The van der Waals surface area contributed by atoms with Crippen molar-refractivity contribution in [2.24, 2.45) is 5.92 Å². The molecule has 1 aromatic carbocycles. The van der Waals surface area contributed by atoms with E-state index in [4.69, 9.17) is 7.85 Å². The molecule has 1 unspecified atom stereocenters. The summed E-state index contributed by atoms with van der Waals surface area (Å²) in [6.45, 7) is 2.33. The number of rotatable bonds is 7. The van der Waals surface area contributed by atoms with E-state index in [0.29, 0.717) is 33.7 Å². The lowest BCUT2D eigenvalue weighted by Crippen LogP contribution is -2.29. The van der Waals surface area contributed by atoms with Crippen LogP contribution in [0.2, 0.25) is 0 Å². The Labute approximate surface area is 205 Å². The number of nitrogens with zero attached hydrogens (tertiary/aromatic N) is 4. The SMILES string of the molecule is [B]c1cc(C(=O)NC(C)c2nccnc2-c2ncc(C(=O)N(C)CC3CC3)s2)cc(C(F)(F)F)c1. The van der Waals surface area contributed by atoms with Crippen LogP contribution in [0.15, 0.2) is 36.8 Å². The van der Waals surface area contributed by atoms with E-state index in [2.05, 4.69) is 20.3 Å². The van der Waals surface area contributed by atoms with Crippen molar-refractivity contribution in [1.82, 2.24) is 25.2 Å². The number of halogens is 3. The lowest BCUT2D eigenvalue weighted by Gasteiger charge is -2.17. The Morgan fingerprint density at radius 1 is 1.20 bits per heavy atom. The highest BCUT2D eigenvalue weighted by molar-refractivity contribution is 7.16. The molecule has 1 atom stereocenters. The maximum atomic E-state index is 13.1.